The van der Waals surface area contributed by atoms with Crippen molar-refractivity contribution in [1.29, 1.82) is 0 Å². The maximum atomic E-state index is 11.5. The first-order valence-electron chi connectivity index (χ1n) is 10.1. The maximum Gasteiger partial charge on any atom is 0.208 e. The van der Waals surface area contributed by atoms with Gasteiger partial charge in [0.05, 0.1) is 22.8 Å². The van der Waals surface area contributed by atoms with Crippen LogP contribution in [0.1, 0.15) is 25.1 Å². The molecule has 1 unspecified atom stereocenters. The van der Waals surface area contributed by atoms with Crippen molar-refractivity contribution in [3.8, 4) is 5.69 Å². The molecule has 10 heteroatoms. The number of fused-ring (bicyclic) bond motifs is 2. The zero-order chi connectivity index (χ0) is 21.6. The Labute approximate surface area is 188 Å². The number of pyridine rings is 1. The van der Waals surface area contributed by atoms with E-state index >= 15 is 0 Å². The fourth-order valence-electron chi connectivity index (χ4n) is 4.31. The number of benzene rings is 1. The highest BCUT2D eigenvalue weighted by Crippen LogP contribution is 2.30. The molecule has 0 aliphatic heterocycles. The highest BCUT2D eigenvalue weighted by Gasteiger charge is 2.27. The molecule has 1 aliphatic rings. The van der Waals surface area contributed by atoms with E-state index < -0.39 is 10.0 Å². The van der Waals surface area contributed by atoms with Crippen molar-refractivity contribution in [1.82, 2.24) is 29.5 Å². The van der Waals surface area contributed by atoms with E-state index in [2.05, 4.69) is 35.7 Å². The van der Waals surface area contributed by atoms with E-state index in [1.807, 2.05) is 35.0 Å². The number of hydrogen-bond donors (Lipinski definition) is 1. The molecule has 1 N–H and O–H groups in total. The summed E-state index contributed by atoms with van der Waals surface area (Å²) in [7, 11) is -3.18. The topological polar surface area (TPSA) is 103 Å². The van der Waals surface area contributed by atoms with Gasteiger partial charge >= 0.3 is 0 Å². The molecule has 8 nitrogen and oxygen atoms in total. The molecule has 0 amide bonds. The number of nitrogens with one attached hydrogen (secondary N) is 1. The minimum Gasteiger partial charge on any atom is -0.256 e. The molecule has 1 saturated carbocycles. The summed E-state index contributed by atoms with van der Waals surface area (Å²) in [5, 5.41) is 6.50. The summed E-state index contributed by atoms with van der Waals surface area (Å²) in [5.74, 6) is 1.09. The van der Waals surface area contributed by atoms with Crippen LogP contribution in [0.4, 0.5) is 0 Å². The summed E-state index contributed by atoms with van der Waals surface area (Å²) in [6.45, 7) is 0. The number of rotatable bonds is 5. The first-order valence-corrected chi connectivity index (χ1v) is 12.8. The maximum absolute atomic E-state index is 11.5. The monoisotopic (exact) mass is 500 g/mol. The SMILES string of the molecule is CS(=O)(=O)N[C@@H]1CCC(Cc2ncc3c(Br)nn(-c4ccc5ncccc5c4)c3n2)C1. The minimum atomic E-state index is -3.18. The van der Waals surface area contributed by atoms with Gasteiger partial charge in [-0.05, 0) is 65.4 Å². The van der Waals surface area contributed by atoms with Crippen LogP contribution >= 0.6 is 15.9 Å². The Morgan fingerprint density at radius 1 is 1.23 bits per heavy atom. The lowest BCUT2D eigenvalue weighted by Gasteiger charge is -2.11. The molecule has 0 bridgehead atoms. The van der Waals surface area contributed by atoms with Crippen molar-refractivity contribution in [2.24, 2.45) is 5.92 Å². The van der Waals surface area contributed by atoms with Crippen LogP contribution in [0.15, 0.2) is 47.3 Å². The molecule has 0 radical (unpaired) electrons. The normalized spacial score (nSPS) is 19.4. The number of sulfonamides is 1. The molecule has 0 spiro atoms. The Kier molecular flexibility index (Phi) is 5.23. The minimum absolute atomic E-state index is 0.00499. The van der Waals surface area contributed by atoms with Gasteiger partial charge in [0.1, 0.15) is 10.4 Å². The molecule has 4 aromatic rings. The molecule has 31 heavy (non-hydrogen) atoms. The van der Waals surface area contributed by atoms with Crippen LogP contribution in [-0.2, 0) is 16.4 Å². The third-order valence-electron chi connectivity index (χ3n) is 5.65. The van der Waals surface area contributed by atoms with Crippen molar-refractivity contribution < 1.29 is 8.42 Å². The molecule has 5 rings (SSSR count). The molecular formula is C21H21BrN6O2S. The Bertz CT molecular complexity index is 1390. The lowest BCUT2D eigenvalue weighted by atomic mass is 10.0. The lowest BCUT2D eigenvalue weighted by molar-refractivity contribution is 0.506. The largest absolute Gasteiger partial charge is 0.256 e. The van der Waals surface area contributed by atoms with E-state index in [-0.39, 0.29) is 6.04 Å². The van der Waals surface area contributed by atoms with Gasteiger partial charge in [0.2, 0.25) is 10.0 Å². The van der Waals surface area contributed by atoms with Gasteiger partial charge in [-0.3, -0.25) is 4.98 Å². The van der Waals surface area contributed by atoms with Crippen LogP contribution < -0.4 is 4.72 Å². The van der Waals surface area contributed by atoms with Crippen LogP contribution in [0.5, 0.6) is 0 Å². The number of hydrogen-bond acceptors (Lipinski definition) is 6. The second-order valence-electron chi connectivity index (χ2n) is 8.08. The van der Waals surface area contributed by atoms with Crippen molar-refractivity contribution >= 4 is 47.9 Å². The van der Waals surface area contributed by atoms with Gasteiger partial charge in [0.25, 0.3) is 0 Å². The van der Waals surface area contributed by atoms with Crippen LogP contribution in [0, 0.1) is 5.92 Å². The molecule has 0 saturated heterocycles. The summed E-state index contributed by atoms with van der Waals surface area (Å²) in [6, 6.07) is 9.93. The summed E-state index contributed by atoms with van der Waals surface area (Å²) in [4.78, 5) is 13.7. The zero-order valence-corrected chi connectivity index (χ0v) is 19.3. The van der Waals surface area contributed by atoms with Gasteiger partial charge in [0.15, 0.2) is 5.65 Å². The highest BCUT2D eigenvalue weighted by molar-refractivity contribution is 9.10. The van der Waals surface area contributed by atoms with Crippen molar-refractivity contribution in [3.63, 3.8) is 0 Å². The molecule has 3 heterocycles. The average molecular weight is 501 g/mol. The third-order valence-corrected chi connectivity index (χ3v) is 7.00. The van der Waals surface area contributed by atoms with E-state index in [9.17, 15) is 8.42 Å². The lowest BCUT2D eigenvalue weighted by Crippen LogP contribution is -2.32. The average Bonchev–Trinajstić information content (AvgIpc) is 3.30. The Morgan fingerprint density at radius 3 is 2.94 bits per heavy atom. The Hall–Kier alpha value is -2.43. The summed E-state index contributed by atoms with van der Waals surface area (Å²) >= 11 is 3.52. The standard InChI is InChI=1S/C21H21BrN6O2S/c1-31(29,30)27-15-5-4-13(9-15)10-19-24-12-17-20(22)26-28(21(17)25-19)16-6-7-18-14(11-16)3-2-8-23-18/h2-3,6-8,11-13,15,27H,4-5,9-10H2,1H3/t13?,15-/m1/s1. The molecule has 1 aliphatic carbocycles. The smallest absolute Gasteiger partial charge is 0.208 e. The predicted molar refractivity (Wildman–Crippen MR) is 122 cm³/mol. The first kappa shape index (κ1) is 20.5. The Balaban J connectivity index is 1.44. The fraction of sp³-hybridized carbons (Fsp3) is 0.333. The highest BCUT2D eigenvalue weighted by atomic mass is 79.9. The van der Waals surface area contributed by atoms with Gasteiger partial charge in [0, 0.05) is 30.2 Å². The molecular weight excluding hydrogens is 480 g/mol. The van der Waals surface area contributed by atoms with Crippen LogP contribution in [0.2, 0.25) is 0 Å². The van der Waals surface area contributed by atoms with E-state index in [4.69, 9.17) is 4.98 Å². The van der Waals surface area contributed by atoms with Gasteiger partial charge < -0.3 is 0 Å². The Morgan fingerprint density at radius 2 is 2.10 bits per heavy atom. The summed E-state index contributed by atoms with van der Waals surface area (Å²) in [5.41, 5.74) is 2.57. The summed E-state index contributed by atoms with van der Waals surface area (Å²) in [6.07, 6.45) is 8.09. The fourth-order valence-corrected chi connectivity index (χ4v) is 5.56. The first-order chi connectivity index (χ1) is 14.9. The predicted octanol–water partition coefficient (Wildman–Crippen LogP) is 3.39. The molecule has 2 atom stereocenters. The van der Waals surface area contributed by atoms with E-state index in [1.54, 1.807) is 12.4 Å². The second-order valence-corrected chi connectivity index (χ2v) is 10.6. The number of aromatic nitrogens is 5. The van der Waals surface area contributed by atoms with Crippen molar-refractivity contribution in [2.75, 3.05) is 6.26 Å². The van der Waals surface area contributed by atoms with E-state index in [1.165, 1.54) is 6.26 Å². The summed E-state index contributed by atoms with van der Waals surface area (Å²) < 4.78 is 28.2. The molecule has 3 aromatic heterocycles. The second kappa shape index (κ2) is 7.92. The third kappa shape index (κ3) is 4.32. The zero-order valence-electron chi connectivity index (χ0n) is 16.9. The van der Waals surface area contributed by atoms with Crippen LogP contribution in [0.25, 0.3) is 27.6 Å². The van der Waals surface area contributed by atoms with E-state index in [0.29, 0.717) is 16.9 Å². The number of nitrogens with zero attached hydrogens (tertiary/aromatic N) is 5. The van der Waals surface area contributed by atoms with Crippen molar-refractivity contribution in [3.05, 3.63) is 53.2 Å². The van der Waals surface area contributed by atoms with E-state index in [0.717, 1.165) is 52.7 Å². The molecule has 160 valence electrons. The van der Waals surface area contributed by atoms with Gasteiger partial charge in [-0.1, -0.05) is 6.07 Å². The van der Waals surface area contributed by atoms with Crippen LogP contribution in [0.3, 0.4) is 0 Å². The van der Waals surface area contributed by atoms with Crippen LogP contribution in [-0.4, -0.2) is 45.4 Å². The van der Waals surface area contributed by atoms with Gasteiger partial charge in [-0.2, -0.15) is 5.10 Å². The van der Waals surface area contributed by atoms with Gasteiger partial charge in [-0.25, -0.2) is 27.8 Å². The number of halogens is 1. The quantitative estimate of drug-likeness (QED) is 0.450. The van der Waals surface area contributed by atoms with Crippen molar-refractivity contribution in [2.45, 2.75) is 31.7 Å². The van der Waals surface area contributed by atoms with Gasteiger partial charge in [-0.15, -0.1) is 0 Å². The molecule has 1 fully saturated rings. The molecule has 1 aromatic carbocycles.